The smallest absolute Gasteiger partial charge is 0.272 e. The highest BCUT2D eigenvalue weighted by molar-refractivity contribution is 5.35. The number of halogens is 1. The number of hydrogen-bond acceptors (Lipinski definition) is 3. The zero-order valence-electron chi connectivity index (χ0n) is 12.0. The van der Waals surface area contributed by atoms with Gasteiger partial charge in [0, 0.05) is 31.0 Å². The summed E-state index contributed by atoms with van der Waals surface area (Å²) < 4.78 is 15.3. The minimum atomic E-state index is -0.590. The molecule has 0 aliphatic rings. The third-order valence-electron chi connectivity index (χ3n) is 3.45. The van der Waals surface area contributed by atoms with Crippen LogP contribution in [-0.4, -0.2) is 16.5 Å². The lowest BCUT2D eigenvalue weighted by atomic mass is 10.1. The molecular weight excluding hydrogens is 273 g/mol. The molecule has 1 N–H and O–H groups in total. The normalized spacial score (nSPS) is 12.3. The molecule has 0 radical (unpaired) electrons. The van der Waals surface area contributed by atoms with Gasteiger partial charge in [-0.05, 0) is 36.7 Å². The quantitative estimate of drug-likeness (QED) is 0.656. The Labute approximate surface area is 122 Å². The number of non-ortho nitro benzene ring substituents is 1. The number of hydrogen-bond donors (Lipinski definition) is 1. The first-order valence-electron chi connectivity index (χ1n) is 6.80. The summed E-state index contributed by atoms with van der Waals surface area (Å²) in [7, 11) is 1.90. The summed E-state index contributed by atoms with van der Waals surface area (Å²) in [6.07, 6.45) is 4.83. The van der Waals surface area contributed by atoms with E-state index >= 15 is 0 Å². The standard InChI is InChI=1S/C15H18FN3O2/c1-3-15(17-2)12-4-5-18(10-12)9-11-6-13(16)8-14(7-11)19(20)21/h4-8,10,15,17H,3,9H2,1-2H3. The average molecular weight is 291 g/mol. The van der Waals surface area contributed by atoms with Gasteiger partial charge in [0.15, 0.2) is 0 Å². The van der Waals surface area contributed by atoms with Crippen LogP contribution in [0.2, 0.25) is 0 Å². The van der Waals surface area contributed by atoms with E-state index in [2.05, 4.69) is 12.2 Å². The second-order valence-electron chi connectivity index (χ2n) is 4.94. The van der Waals surface area contributed by atoms with Crippen molar-refractivity contribution in [2.75, 3.05) is 7.05 Å². The van der Waals surface area contributed by atoms with Crippen LogP contribution in [0.4, 0.5) is 10.1 Å². The zero-order chi connectivity index (χ0) is 15.4. The van der Waals surface area contributed by atoms with E-state index in [4.69, 9.17) is 0 Å². The minimum absolute atomic E-state index is 0.223. The fourth-order valence-corrected chi connectivity index (χ4v) is 2.41. The number of nitrogens with zero attached hydrogens (tertiary/aromatic N) is 2. The second kappa shape index (κ2) is 6.49. The molecule has 0 saturated carbocycles. The number of aromatic nitrogens is 1. The number of rotatable bonds is 6. The Morgan fingerprint density at radius 2 is 2.19 bits per heavy atom. The Kier molecular flexibility index (Phi) is 4.70. The molecule has 5 nitrogen and oxygen atoms in total. The lowest BCUT2D eigenvalue weighted by Crippen LogP contribution is -2.14. The molecule has 112 valence electrons. The zero-order valence-corrected chi connectivity index (χ0v) is 12.0. The van der Waals surface area contributed by atoms with Gasteiger partial charge < -0.3 is 9.88 Å². The summed E-state index contributed by atoms with van der Waals surface area (Å²) in [5, 5.41) is 14.0. The van der Waals surface area contributed by atoms with Crippen LogP contribution in [0.3, 0.4) is 0 Å². The minimum Gasteiger partial charge on any atom is -0.350 e. The van der Waals surface area contributed by atoms with Gasteiger partial charge >= 0.3 is 0 Å². The van der Waals surface area contributed by atoms with Crippen molar-refractivity contribution in [2.24, 2.45) is 0 Å². The van der Waals surface area contributed by atoms with Crippen molar-refractivity contribution < 1.29 is 9.31 Å². The van der Waals surface area contributed by atoms with Gasteiger partial charge in [-0.3, -0.25) is 10.1 Å². The lowest BCUT2D eigenvalue weighted by Gasteiger charge is -2.11. The maximum Gasteiger partial charge on any atom is 0.272 e. The van der Waals surface area contributed by atoms with E-state index in [0.717, 1.165) is 18.1 Å². The van der Waals surface area contributed by atoms with Crippen LogP contribution >= 0.6 is 0 Å². The molecule has 2 aromatic rings. The van der Waals surface area contributed by atoms with Crippen LogP contribution in [0.1, 0.15) is 30.5 Å². The molecule has 21 heavy (non-hydrogen) atoms. The molecule has 0 saturated heterocycles. The van der Waals surface area contributed by atoms with Crippen molar-refractivity contribution in [2.45, 2.75) is 25.9 Å². The van der Waals surface area contributed by atoms with E-state index in [1.54, 1.807) is 0 Å². The third kappa shape index (κ3) is 3.66. The number of nitro benzene ring substituents is 1. The average Bonchev–Trinajstić information content (AvgIpc) is 2.88. The monoisotopic (exact) mass is 291 g/mol. The summed E-state index contributed by atoms with van der Waals surface area (Å²) in [4.78, 5) is 10.2. The topological polar surface area (TPSA) is 60.1 Å². The SMILES string of the molecule is CCC(NC)c1ccn(Cc2cc(F)cc([N+](=O)[O-])c2)c1. The van der Waals surface area contributed by atoms with Gasteiger partial charge in [-0.1, -0.05) is 6.92 Å². The van der Waals surface area contributed by atoms with Crippen LogP contribution < -0.4 is 5.32 Å². The summed E-state index contributed by atoms with van der Waals surface area (Å²) in [5.74, 6) is -0.590. The summed E-state index contributed by atoms with van der Waals surface area (Å²) in [6, 6.07) is 5.92. The molecular formula is C15H18FN3O2. The Balaban J connectivity index is 2.20. The highest BCUT2D eigenvalue weighted by atomic mass is 19.1. The molecule has 1 heterocycles. The molecule has 0 aliphatic carbocycles. The molecule has 0 spiro atoms. The number of nitro groups is 1. The van der Waals surface area contributed by atoms with Crippen molar-refractivity contribution in [3.63, 3.8) is 0 Å². The molecule has 6 heteroatoms. The molecule has 2 rings (SSSR count). The Hall–Kier alpha value is -2.21. The molecule has 0 aliphatic heterocycles. The van der Waals surface area contributed by atoms with E-state index in [0.29, 0.717) is 12.1 Å². The van der Waals surface area contributed by atoms with E-state index in [1.807, 2.05) is 30.1 Å². The first-order valence-corrected chi connectivity index (χ1v) is 6.80. The second-order valence-corrected chi connectivity index (χ2v) is 4.94. The number of nitrogens with one attached hydrogen (secondary N) is 1. The van der Waals surface area contributed by atoms with Gasteiger partial charge in [-0.25, -0.2) is 4.39 Å². The lowest BCUT2D eigenvalue weighted by molar-refractivity contribution is -0.385. The van der Waals surface area contributed by atoms with Crippen molar-refractivity contribution in [3.05, 3.63) is 63.7 Å². The maximum atomic E-state index is 13.4. The molecule has 1 atom stereocenters. The first-order chi connectivity index (χ1) is 10.0. The van der Waals surface area contributed by atoms with Crippen molar-refractivity contribution in [3.8, 4) is 0 Å². The Morgan fingerprint density at radius 1 is 1.43 bits per heavy atom. The van der Waals surface area contributed by atoms with E-state index < -0.39 is 10.7 Å². The van der Waals surface area contributed by atoms with E-state index in [-0.39, 0.29) is 11.7 Å². The predicted octanol–water partition coefficient (Wildman–Crippen LogP) is 3.25. The van der Waals surface area contributed by atoms with E-state index in [1.165, 1.54) is 12.1 Å². The van der Waals surface area contributed by atoms with E-state index in [9.17, 15) is 14.5 Å². The summed E-state index contributed by atoms with van der Waals surface area (Å²) >= 11 is 0. The fraction of sp³-hybridized carbons (Fsp3) is 0.333. The fourth-order valence-electron chi connectivity index (χ4n) is 2.41. The third-order valence-corrected chi connectivity index (χ3v) is 3.45. The van der Waals surface area contributed by atoms with Crippen LogP contribution in [0, 0.1) is 15.9 Å². The molecule has 1 aromatic carbocycles. The highest BCUT2D eigenvalue weighted by Gasteiger charge is 2.11. The van der Waals surface area contributed by atoms with Crippen molar-refractivity contribution in [1.82, 2.24) is 9.88 Å². The van der Waals surface area contributed by atoms with Gasteiger partial charge in [0.1, 0.15) is 5.82 Å². The molecule has 0 bridgehead atoms. The molecule has 0 amide bonds. The van der Waals surface area contributed by atoms with Crippen LogP contribution in [0.25, 0.3) is 0 Å². The largest absolute Gasteiger partial charge is 0.350 e. The van der Waals surface area contributed by atoms with Crippen LogP contribution in [0.15, 0.2) is 36.7 Å². The Morgan fingerprint density at radius 3 is 2.81 bits per heavy atom. The Bertz CT molecular complexity index is 636. The predicted molar refractivity (Wildman–Crippen MR) is 78.7 cm³/mol. The van der Waals surface area contributed by atoms with Crippen LogP contribution in [0.5, 0.6) is 0 Å². The number of benzene rings is 1. The van der Waals surface area contributed by atoms with Gasteiger partial charge in [0.2, 0.25) is 0 Å². The van der Waals surface area contributed by atoms with Gasteiger partial charge in [0.05, 0.1) is 11.0 Å². The van der Waals surface area contributed by atoms with Gasteiger partial charge in [-0.2, -0.15) is 0 Å². The summed E-state index contributed by atoms with van der Waals surface area (Å²) in [6.45, 7) is 2.49. The summed E-state index contributed by atoms with van der Waals surface area (Å²) in [5.41, 5.74) is 1.49. The molecule has 0 fully saturated rings. The van der Waals surface area contributed by atoms with Crippen LogP contribution in [-0.2, 0) is 6.54 Å². The first kappa shape index (κ1) is 15.2. The highest BCUT2D eigenvalue weighted by Crippen LogP contribution is 2.20. The van der Waals surface area contributed by atoms with Gasteiger partial charge in [0.25, 0.3) is 5.69 Å². The maximum absolute atomic E-state index is 13.4. The van der Waals surface area contributed by atoms with Crippen molar-refractivity contribution in [1.29, 1.82) is 0 Å². The van der Waals surface area contributed by atoms with Gasteiger partial charge in [-0.15, -0.1) is 0 Å². The molecule has 1 aromatic heterocycles. The molecule has 1 unspecified atom stereocenters. The van der Waals surface area contributed by atoms with Crippen molar-refractivity contribution >= 4 is 5.69 Å².